The molecular formula is C13H15N3O2. The van der Waals surface area contributed by atoms with Gasteiger partial charge in [-0.2, -0.15) is 0 Å². The third kappa shape index (κ3) is 3.02. The van der Waals surface area contributed by atoms with Crippen molar-refractivity contribution in [1.82, 2.24) is 0 Å². The number of hydrogen-bond acceptors (Lipinski definition) is 3. The van der Waals surface area contributed by atoms with Crippen molar-refractivity contribution in [3.63, 3.8) is 0 Å². The maximum atomic E-state index is 12.0. The van der Waals surface area contributed by atoms with Gasteiger partial charge in [-0.05, 0) is 37.3 Å². The van der Waals surface area contributed by atoms with Crippen LogP contribution in [0.2, 0.25) is 0 Å². The molecule has 1 aliphatic rings. The SMILES string of the molecule is [N-]=[N+]=Nc1ccccc1C(=O)OC1CCCCC1. The summed E-state index contributed by atoms with van der Waals surface area (Å²) in [6.07, 6.45) is 5.28. The molecular weight excluding hydrogens is 230 g/mol. The molecule has 0 aromatic heterocycles. The van der Waals surface area contributed by atoms with Gasteiger partial charge in [0.1, 0.15) is 6.10 Å². The second kappa shape index (κ2) is 6.07. The highest BCUT2D eigenvalue weighted by molar-refractivity contribution is 5.94. The van der Waals surface area contributed by atoms with E-state index in [2.05, 4.69) is 10.0 Å². The van der Waals surface area contributed by atoms with Crippen molar-refractivity contribution in [2.45, 2.75) is 38.2 Å². The summed E-state index contributed by atoms with van der Waals surface area (Å²) in [5.74, 6) is -0.398. The van der Waals surface area contributed by atoms with Crippen molar-refractivity contribution < 1.29 is 9.53 Å². The van der Waals surface area contributed by atoms with Crippen molar-refractivity contribution in [2.75, 3.05) is 0 Å². The number of benzene rings is 1. The quantitative estimate of drug-likeness (QED) is 0.347. The van der Waals surface area contributed by atoms with Gasteiger partial charge in [0.05, 0.1) is 11.3 Å². The Bertz CT molecular complexity index is 475. The fourth-order valence-electron chi connectivity index (χ4n) is 2.18. The molecule has 1 saturated carbocycles. The van der Waals surface area contributed by atoms with Crippen molar-refractivity contribution in [3.05, 3.63) is 40.3 Å². The molecule has 0 unspecified atom stereocenters. The standard InChI is InChI=1S/C13H15N3O2/c14-16-15-12-9-5-4-8-11(12)13(17)18-10-6-2-1-3-7-10/h4-5,8-10H,1-3,6-7H2. The van der Waals surface area contributed by atoms with Crippen LogP contribution in [0.25, 0.3) is 10.4 Å². The lowest BCUT2D eigenvalue weighted by atomic mass is 9.98. The fourth-order valence-corrected chi connectivity index (χ4v) is 2.18. The summed E-state index contributed by atoms with van der Waals surface area (Å²) in [6, 6.07) is 6.68. The van der Waals surface area contributed by atoms with Gasteiger partial charge in [-0.15, -0.1) is 0 Å². The van der Waals surface area contributed by atoms with E-state index in [4.69, 9.17) is 10.3 Å². The van der Waals surface area contributed by atoms with E-state index in [0.29, 0.717) is 11.3 Å². The second-order valence-corrected chi connectivity index (χ2v) is 4.37. The first-order valence-electron chi connectivity index (χ1n) is 6.16. The topological polar surface area (TPSA) is 75.1 Å². The van der Waals surface area contributed by atoms with Crippen LogP contribution in [0.4, 0.5) is 5.69 Å². The van der Waals surface area contributed by atoms with Crippen LogP contribution in [-0.2, 0) is 4.74 Å². The normalized spacial score (nSPS) is 15.8. The fraction of sp³-hybridized carbons (Fsp3) is 0.462. The Labute approximate surface area is 105 Å². The van der Waals surface area contributed by atoms with Gasteiger partial charge in [-0.3, -0.25) is 0 Å². The number of hydrogen-bond donors (Lipinski definition) is 0. The Morgan fingerprint density at radius 3 is 2.72 bits per heavy atom. The zero-order valence-electron chi connectivity index (χ0n) is 10.1. The summed E-state index contributed by atoms with van der Waals surface area (Å²) >= 11 is 0. The van der Waals surface area contributed by atoms with Gasteiger partial charge in [0.25, 0.3) is 0 Å². The number of rotatable bonds is 3. The van der Waals surface area contributed by atoms with Gasteiger partial charge in [0.15, 0.2) is 0 Å². The van der Waals surface area contributed by atoms with Gasteiger partial charge in [-0.1, -0.05) is 29.7 Å². The Balaban J connectivity index is 2.10. The zero-order chi connectivity index (χ0) is 12.8. The first-order chi connectivity index (χ1) is 8.81. The molecule has 1 fully saturated rings. The van der Waals surface area contributed by atoms with E-state index in [1.807, 2.05) is 0 Å². The zero-order valence-corrected chi connectivity index (χ0v) is 10.1. The van der Waals surface area contributed by atoms with E-state index in [1.165, 1.54) is 6.42 Å². The lowest BCUT2D eigenvalue weighted by Crippen LogP contribution is -2.20. The Morgan fingerprint density at radius 1 is 1.28 bits per heavy atom. The molecule has 5 nitrogen and oxygen atoms in total. The van der Waals surface area contributed by atoms with Gasteiger partial charge >= 0.3 is 5.97 Å². The number of ether oxygens (including phenoxy) is 1. The molecule has 0 aliphatic heterocycles. The Kier molecular flexibility index (Phi) is 4.20. The molecule has 0 spiro atoms. The van der Waals surface area contributed by atoms with Crippen LogP contribution in [0.5, 0.6) is 0 Å². The molecule has 0 atom stereocenters. The maximum Gasteiger partial charge on any atom is 0.338 e. The summed E-state index contributed by atoms with van der Waals surface area (Å²) in [5, 5.41) is 3.50. The van der Waals surface area contributed by atoms with Crippen molar-refractivity contribution in [1.29, 1.82) is 0 Å². The summed E-state index contributed by atoms with van der Waals surface area (Å²) in [6.45, 7) is 0. The molecule has 18 heavy (non-hydrogen) atoms. The monoisotopic (exact) mass is 245 g/mol. The maximum absolute atomic E-state index is 12.0. The number of esters is 1. The highest BCUT2D eigenvalue weighted by Crippen LogP contribution is 2.24. The molecule has 2 rings (SSSR count). The first-order valence-corrected chi connectivity index (χ1v) is 6.16. The Hall–Kier alpha value is -2.00. The van der Waals surface area contributed by atoms with E-state index in [1.54, 1.807) is 24.3 Å². The summed E-state index contributed by atoms with van der Waals surface area (Å²) in [5.41, 5.74) is 9.11. The smallest absolute Gasteiger partial charge is 0.338 e. The highest BCUT2D eigenvalue weighted by atomic mass is 16.5. The molecule has 1 aromatic rings. The third-order valence-corrected chi connectivity index (χ3v) is 3.10. The van der Waals surface area contributed by atoms with Gasteiger partial charge in [-0.25, -0.2) is 4.79 Å². The molecule has 0 saturated heterocycles. The largest absolute Gasteiger partial charge is 0.459 e. The summed E-state index contributed by atoms with van der Waals surface area (Å²) in [4.78, 5) is 14.7. The molecule has 0 N–H and O–H groups in total. The lowest BCUT2D eigenvalue weighted by molar-refractivity contribution is 0.0212. The molecule has 1 aromatic carbocycles. The van der Waals surface area contributed by atoms with Crippen LogP contribution < -0.4 is 0 Å². The molecule has 0 bridgehead atoms. The molecule has 94 valence electrons. The van der Waals surface area contributed by atoms with E-state index in [9.17, 15) is 4.79 Å². The van der Waals surface area contributed by atoms with Crippen LogP contribution >= 0.6 is 0 Å². The lowest BCUT2D eigenvalue weighted by Gasteiger charge is -2.22. The molecule has 0 heterocycles. The van der Waals surface area contributed by atoms with Crippen molar-refractivity contribution >= 4 is 11.7 Å². The van der Waals surface area contributed by atoms with Crippen molar-refractivity contribution in [3.8, 4) is 0 Å². The molecule has 5 heteroatoms. The van der Waals surface area contributed by atoms with Crippen LogP contribution in [0.1, 0.15) is 42.5 Å². The summed E-state index contributed by atoms with van der Waals surface area (Å²) < 4.78 is 5.44. The van der Waals surface area contributed by atoms with E-state index >= 15 is 0 Å². The van der Waals surface area contributed by atoms with Crippen LogP contribution in [0, 0.1) is 0 Å². The van der Waals surface area contributed by atoms with E-state index in [-0.39, 0.29) is 6.10 Å². The van der Waals surface area contributed by atoms with Gasteiger partial charge < -0.3 is 4.74 Å². The summed E-state index contributed by atoms with van der Waals surface area (Å²) in [7, 11) is 0. The van der Waals surface area contributed by atoms with Gasteiger partial charge in [0.2, 0.25) is 0 Å². The highest BCUT2D eigenvalue weighted by Gasteiger charge is 2.19. The predicted molar refractivity (Wildman–Crippen MR) is 67.5 cm³/mol. The number of carbonyl (C=O) groups excluding carboxylic acids is 1. The molecule has 0 amide bonds. The third-order valence-electron chi connectivity index (χ3n) is 3.10. The average molecular weight is 245 g/mol. The molecule has 0 radical (unpaired) electrons. The minimum atomic E-state index is -0.398. The first kappa shape index (κ1) is 12.5. The predicted octanol–water partition coefficient (Wildman–Crippen LogP) is 4.12. The second-order valence-electron chi connectivity index (χ2n) is 4.37. The van der Waals surface area contributed by atoms with Gasteiger partial charge in [0, 0.05) is 4.91 Å². The molecule has 1 aliphatic carbocycles. The number of carbonyl (C=O) groups is 1. The minimum Gasteiger partial charge on any atom is -0.459 e. The van der Waals surface area contributed by atoms with Crippen molar-refractivity contribution in [2.24, 2.45) is 5.11 Å². The van der Waals surface area contributed by atoms with Crippen LogP contribution in [-0.4, -0.2) is 12.1 Å². The minimum absolute atomic E-state index is 0.00497. The van der Waals surface area contributed by atoms with E-state index < -0.39 is 5.97 Å². The van der Waals surface area contributed by atoms with Crippen LogP contribution in [0.15, 0.2) is 29.4 Å². The van der Waals surface area contributed by atoms with E-state index in [0.717, 1.165) is 25.7 Å². The number of nitrogens with zero attached hydrogens (tertiary/aromatic N) is 3. The average Bonchev–Trinajstić information content (AvgIpc) is 2.41. The number of azide groups is 1. The van der Waals surface area contributed by atoms with Crippen LogP contribution in [0.3, 0.4) is 0 Å². The Morgan fingerprint density at radius 2 is 2.00 bits per heavy atom.